The van der Waals surface area contributed by atoms with Gasteiger partial charge >= 0.3 is 11.9 Å². The predicted octanol–water partition coefficient (Wildman–Crippen LogP) is -2.98. The number of amides is 4. The molecule has 0 aliphatic heterocycles. The van der Waals surface area contributed by atoms with Gasteiger partial charge < -0.3 is 42.7 Å². The Labute approximate surface area is 190 Å². The van der Waals surface area contributed by atoms with Crippen molar-refractivity contribution in [3.63, 3.8) is 0 Å². The number of aliphatic carboxylic acids is 2. The molecule has 33 heavy (non-hydrogen) atoms. The highest BCUT2D eigenvalue weighted by atomic mass is 16.4. The molecule has 5 unspecified atom stereocenters. The van der Waals surface area contributed by atoms with Crippen LogP contribution in [0.2, 0.25) is 0 Å². The Morgan fingerprint density at radius 1 is 0.788 bits per heavy atom. The molecule has 0 fully saturated rings. The van der Waals surface area contributed by atoms with Gasteiger partial charge in [-0.3, -0.25) is 24.0 Å². The van der Waals surface area contributed by atoms with Crippen LogP contribution in [0.3, 0.4) is 0 Å². The first kappa shape index (κ1) is 29.7. The molecule has 10 N–H and O–H groups in total. The number of carboxylic acid groups (broad SMARTS) is 2. The van der Waals surface area contributed by atoms with Crippen molar-refractivity contribution in [1.29, 1.82) is 0 Å². The Morgan fingerprint density at radius 2 is 1.33 bits per heavy atom. The van der Waals surface area contributed by atoms with Gasteiger partial charge in [0.2, 0.25) is 23.6 Å². The smallest absolute Gasteiger partial charge is 0.326 e. The van der Waals surface area contributed by atoms with E-state index in [4.69, 9.17) is 16.6 Å². The summed E-state index contributed by atoms with van der Waals surface area (Å²) in [6.45, 7) is 4.30. The average molecular weight is 475 g/mol. The fraction of sp³-hybridized carbons (Fsp3) is 0.684. The summed E-state index contributed by atoms with van der Waals surface area (Å²) in [5, 5.41) is 34.6. The van der Waals surface area contributed by atoms with E-state index in [0.29, 0.717) is 0 Å². The number of hydrogen-bond donors (Lipinski definition) is 8. The first-order chi connectivity index (χ1) is 15.2. The van der Waals surface area contributed by atoms with E-state index in [2.05, 4.69) is 16.0 Å². The standard InChI is InChI=1S/C19H33N5O9/c1-8(2)14(19(32)33)23-17(30)11(5-6-12(21)26)22-18(31)15(9(3)25)24-16(29)10(20)4-7-13(27)28/h8-11,14-15,25H,4-7,20H2,1-3H3,(H2,21,26)(H,22,31)(H,23,30)(H,24,29)(H,27,28)(H,32,33). The van der Waals surface area contributed by atoms with Gasteiger partial charge in [0.1, 0.15) is 18.1 Å². The lowest BCUT2D eigenvalue weighted by atomic mass is 10.0. The van der Waals surface area contributed by atoms with Crippen molar-refractivity contribution in [2.75, 3.05) is 0 Å². The van der Waals surface area contributed by atoms with Crippen LogP contribution in [0.15, 0.2) is 0 Å². The molecule has 0 heterocycles. The van der Waals surface area contributed by atoms with Crippen LogP contribution in [0.5, 0.6) is 0 Å². The molecular formula is C19H33N5O9. The summed E-state index contributed by atoms with van der Waals surface area (Å²) < 4.78 is 0. The SMILES string of the molecule is CC(C)C(NC(=O)C(CCC(N)=O)NC(=O)C(NC(=O)C(N)CCC(=O)O)C(C)O)C(=O)O. The lowest BCUT2D eigenvalue weighted by Crippen LogP contribution is -2.60. The second-order valence-corrected chi connectivity index (χ2v) is 7.90. The van der Waals surface area contributed by atoms with Gasteiger partial charge in [0.15, 0.2) is 0 Å². The molecule has 0 aliphatic carbocycles. The minimum Gasteiger partial charge on any atom is -0.481 e. The molecule has 0 spiro atoms. The minimum atomic E-state index is -1.57. The monoisotopic (exact) mass is 475 g/mol. The first-order valence-corrected chi connectivity index (χ1v) is 10.2. The van der Waals surface area contributed by atoms with E-state index in [9.17, 15) is 39.0 Å². The number of primary amides is 1. The molecule has 5 atom stereocenters. The molecule has 0 aromatic carbocycles. The molecule has 0 bridgehead atoms. The summed E-state index contributed by atoms with van der Waals surface area (Å²) in [5.41, 5.74) is 10.7. The lowest BCUT2D eigenvalue weighted by molar-refractivity contribution is -0.144. The number of nitrogens with one attached hydrogen (secondary N) is 3. The highest BCUT2D eigenvalue weighted by Crippen LogP contribution is 2.06. The molecule has 4 amide bonds. The largest absolute Gasteiger partial charge is 0.481 e. The Hall–Kier alpha value is -3.26. The highest BCUT2D eigenvalue weighted by Gasteiger charge is 2.33. The van der Waals surface area contributed by atoms with Crippen LogP contribution >= 0.6 is 0 Å². The molecule has 0 rings (SSSR count). The summed E-state index contributed by atoms with van der Waals surface area (Å²) in [4.78, 5) is 70.6. The van der Waals surface area contributed by atoms with E-state index >= 15 is 0 Å². The molecule has 0 radical (unpaired) electrons. The van der Waals surface area contributed by atoms with Crippen molar-refractivity contribution < 1.29 is 44.1 Å². The van der Waals surface area contributed by atoms with Crippen LogP contribution in [0.4, 0.5) is 0 Å². The van der Waals surface area contributed by atoms with Crippen LogP contribution in [0.25, 0.3) is 0 Å². The maximum absolute atomic E-state index is 12.7. The Balaban J connectivity index is 5.46. The van der Waals surface area contributed by atoms with Gasteiger partial charge in [-0.15, -0.1) is 0 Å². The fourth-order valence-electron chi connectivity index (χ4n) is 2.66. The quantitative estimate of drug-likeness (QED) is 0.119. The number of aliphatic hydroxyl groups excluding tert-OH is 1. The van der Waals surface area contributed by atoms with Crippen molar-refractivity contribution >= 4 is 35.6 Å². The number of hydrogen-bond acceptors (Lipinski definition) is 8. The highest BCUT2D eigenvalue weighted by molar-refractivity contribution is 5.94. The predicted molar refractivity (Wildman–Crippen MR) is 113 cm³/mol. The van der Waals surface area contributed by atoms with Gasteiger partial charge in [-0.05, 0) is 25.7 Å². The fourth-order valence-corrected chi connectivity index (χ4v) is 2.66. The number of carbonyl (C=O) groups is 6. The molecule has 0 aromatic heterocycles. The van der Waals surface area contributed by atoms with Crippen LogP contribution in [-0.4, -0.2) is 81.2 Å². The van der Waals surface area contributed by atoms with Crippen LogP contribution in [-0.2, 0) is 28.8 Å². The Kier molecular flexibility index (Phi) is 12.6. The molecular weight excluding hydrogens is 442 g/mol. The molecule has 0 aromatic rings. The van der Waals surface area contributed by atoms with Gasteiger partial charge in [-0.25, -0.2) is 4.79 Å². The lowest BCUT2D eigenvalue weighted by Gasteiger charge is -2.27. The molecule has 188 valence electrons. The number of carboxylic acids is 2. The van der Waals surface area contributed by atoms with Crippen molar-refractivity contribution in [1.82, 2.24) is 16.0 Å². The summed E-state index contributed by atoms with van der Waals surface area (Å²) in [6, 6.07) is -5.52. The van der Waals surface area contributed by atoms with Crippen LogP contribution in [0, 0.1) is 5.92 Å². The van der Waals surface area contributed by atoms with Crippen molar-refractivity contribution in [2.45, 2.75) is 76.7 Å². The van der Waals surface area contributed by atoms with E-state index in [1.807, 2.05) is 0 Å². The first-order valence-electron chi connectivity index (χ1n) is 10.2. The molecule has 0 aliphatic rings. The zero-order valence-electron chi connectivity index (χ0n) is 18.7. The number of aliphatic hydroxyl groups is 1. The third-order valence-corrected chi connectivity index (χ3v) is 4.61. The number of nitrogens with two attached hydrogens (primary N) is 2. The van der Waals surface area contributed by atoms with E-state index in [1.165, 1.54) is 6.92 Å². The van der Waals surface area contributed by atoms with E-state index in [1.54, 1.807) is 13.8 Å². The zero-order valence-corrected chi connectivity index (χ0v) is 18.7. The summed E-state index contributed by atoms with van der Waals surface area (Å²) >= 11 is 0. The normalized spacial score (nSPS) is 15.5. The second kappa shape index (κ2) is 14.0. The van der Waals surface area contributed by atoms with Gasteiger partial charge in [0.05, 0.1) is 12.1 Å². The third kappa shape index (κ3) is 11.2. The maximum atomic E-state index is 12.7. The average Bonchev–Trinajstić information content (AvgIpc) is 2.69. The molecule has 0 saturated heterocycles. The van der Waals surface area contributed by atoms with Crippen LogP contribution < -0.4 is 27.4 Å². The van der Waals surface area contributed by atoms with Crippen molar-refractivity contribution in [2.24, 2.45) is 17.4 Å². The third-order valence-electron chi connectivity index (χ3n) is 4.61. The summed E-state index contributed by atoms with van der Waals surface area (Å²) in [6.07, 6.45) is -2.64. The molecule has 0 saturated carbocycles. The van der Waals surface area contributed by atoms with Gasteiger partial charge in [-0.1, -0.05) is 13.8 Å². The summed E-state index contributed by atoms with van der Waals surface area (Å²) in [5.74, 6) is -6.55. The maximum Gasteiger partial charge on any atom is 0.326 e. The number of rotatable bonds is 15. The molecule has 14 heteroatoms. The van der Waals surface area contributed by atoms with Crippen molar-refractivity contribution in [3.05, 3.63) is 0 Å². The summed E-state index contributed by atoms with van der Waals surface area (Å²) in [7, 11) is 0. The van der Waals surface area contributed by atoms with E-state index in [0.717, 1.165) is 0 Å². The number of carbonyl (C=O) groups excluding carboxylic acids is 4. The van der Waals surface area contributed by atoms with Gasteiger partial charge in [-0.2, -0.15) is 0 Å². The second-order valence-electron chi connectivity index (χ2n) is 7.90. The van der Waals surface area contributed by atoms with Crippen molar-refractivity contribution in [3.8, 4) is 0 Å². The van der Waals surface area contributed by atoms with Gasteiger partial charge in [0.25, 0.3) is 0 Å². The Morgan fingerprint density at radius 3 is 1.76 bits per heavy atom. The topological polar surface area (TPSA) is 251 Å². The Bertz CT molecular complexity index is 741. The van der Waals surface area contributed by atoms with E-state index in [-0.39, 0.29) is 19.3 Å². The van der Waals surface area contributed by atoms with E-state index < -0.39 is 78.2 Å². The minimum absolute atomic E-state index is 0.218. The van der Waals surface area contributed by atoms with Gasteiger partial charge in [0, 0.05) is 12.8 Å². The van der Waals surface area contributed by atoms with Crippen LogP contribution in [0.1, 0.15) is 46.5 Å². The zero-order chi connectivity index (χ0) is 25.9. The molecule has 14 nitrogen and oxygen atoms in total.